The molecule has 0 aromatic carbocycles. The van der Waals surface area contributed by atoms with Crippen LogP contribution in [0.1, 0.15) is 35.8 Å². The van der Waals surface area contributed by atoms with Gasteiger partial charge in [-0.1, -0.05) is 6.07 Å². The van der Waals surface area contributed by atoms with Crippen LogP contribution in [0.5, 0.6) is 0 Å². The summed E-state index contributed by atoms with van der Waals surface area (Å²) in [5.41, 5.74) is 2.17. The Balaban J connectivity index is 1.38. The van der Waals surface area contributed by atoms with Crippen molar-refractivity contribution in [3.63, 3.8) is 0 Å². The summed E-state index contributed by atoms with van der Waals surface area (Å²) >= 11 is 0. The highest BCUT2D eigenvalue weighted by Gasteiger charge is 2.27. The fraction of sp³-hybridized carbons (Fsp3) is 0.500. The monoisotopic (exact) mass is 325 g/mol. The van der Waals surface area contributed by atoms with Gasteiger partial charge in [0.25, 0.3) is 0 Å². The second-order valence-corrected chi connectivity index (χ2v) is 6.50. The molecule has 0 bridgehead atoms. The highest BCUT2D eigenvalue weighted by molar-refractivity contribution is 5.41. The van der Waals surface area contributed by atoms with Crippen molar-refractivity contribution in [2.24, 2.45) is 0 Å². The van der Waals surface area contributed by atoms with Gasteiger partial charge < -0.3 is 15.0 Å². The standard InChI is InChI=1S/C18H23N5O/c1-13-10-16(22-18(21-13)15-3-4-15)19-11-14-2-5-17(20-12-14)23-6-8-24-9-7-23/h2,5,10,12,15H,3-4,6-9,11H2,1H3,(H,19,21,22). The number of hydrogen-bond acceptors (Lipinski definition) is 6. The molecule has 6 heteroatoms. The van der Waals surface area contributed by atoms with Gasteiger partial charge in [-0.2, -0.15) is 0 Å². The minimum atomic E-state index is 0.569. The maximum absolute atomic E-state index is 5.38. The number of aromatic nitrogens is 3. The van der Waals surface area contributed by atoms with Gasteiger partial charge in [0, 0.05) is 43.5 Å². The summed E-state index contributed by atoms with van der Waals surface area (Å²) < 4.78 is 5.38. The first kappa shape index (κ1) is 15.3. The molecule has 126 valence electrons. The van der Waals surface area contributed by atoms with Crippen molar-refractivity contribution in [1.29, 1.82) is 0 Å². The summed E-state index contributed by atoms with van der Waals surface area (Å²) in [7, 11) is 0. The van der Waals surface area contributed by atoms with Crippen LogP contribution >= 0.6 is 0 Å². The van der Waals surface area contributed by atoms with E-state index in [0.717, 1.165) is 61.6 Å². The third-order valence-electron chi connectivity index (χ3n) is 4.43. The minimum Gasteiger partial charge on any atom is -0.378 e. The van der Waals surface area contributed by atoms with Gasteiger partial charge in [0.05, 0.1) is 13.2 Å². The van der Waals surface area contributed by atoms with Crippen molar-refractivity contribution in [2.75, 3.05) is 36.5 Å². The quantitative estimate of drug-likeness (QED) is 0.911. The summed E-state index contributed by atoms with van der Waals surface area (Å²) in [6.45, 7) is 6.13. The summed E-state index contributed by atoms with van der Waals surface area (Å²) in [6.07, 6.45) is 4.37. The van der Waals surface area contributed by atoms with Gasteiger partial charge >= 0.3 is 0 Å². The number of morpholine rings is 1. The highest BCUT2D eigenvalue weighted by Crippen LogP contribution is 2.38. The molecule has 24 heavy (non-hydrogen) atoms. The molecule has 1 saturated heterocycles. The van der Waals surface area contributed by atoms with Gasteiger partial charge in [0.15, 0.2) is 0 Å². The van der Waals surface area contributed by atoms with E-state index in [0.29, 0.717) is 5.92 Å². The van der Waals surface area contributed by atoms with Gasteiger partial charge in [0.2, 0.25) is 0 Å². The Hall–Kier alpha value is -2.21. The number of hydrogen-bond donors (Lipinski definition) is 1. The van der Waals surface area contributed by atoms with E-state index in [4.69, 9.17) is 4.74 Å². The van der Waals surface area contributed by atoms with Crippen molar-refractivity contribution in [2.45, 2.75) is 32.2 Å². The lowest BCUT2D eigenvalue weighted by atomic mass is 10.2. The predicted molar refractivity (Wildman–Crippen MR) is 93.3 cm³/mol. The number of ether oxygens (including phenoxy) is 1. The molecule has 0 amide bonds. The molecule has 1 N–H and O–H groups in total. The Bertz CT molecular complexity index is 693. The first-order valence-electron chi connectivity index (χ1n) is 8.65. The van der Waals surface area contributed by atoms with Crippen LogP contribution in [0.3, 0.4) is 0 Å². The second kappa shape index (κ2) is 6.73. The molecule has 0 radical (unpaired) electrons. The lowest BCUT2D eigenvalue weighted by molar-refractivity contribution is 0.122. The third kappa shape index (κ3) is 3.64. The molecular weight excluding hydrogens is 302 g/mol. The van der Waals surface area contributed by atoms with Gasteiger partial charge in [-0.05, 0) is 31.4 Å². The first-order valence-corrected chi connectivity index (χ1v) is 8.65. The van der Waals surface area contributed by atoms with Crippen molar-refractivity contribution in [3.05, 3.63) is 41.5 Å². The van der Waals surface area contributed by atoms with Crippen LogP contribution in [0.15, 0.2) is 24.4 Å². The molecule has 1 aliphatic heterocycles. The summed E-state index contributed by atoms with van der Waals surface area (Å²) in [4.78, 5) is 16.0. The Morgan fingerprint density at radius 1 is 1.21 bits per heavy atom. The number of anilines is 2. The molecule has 2 aromatic heterocycles. The fourth-order valence-corrected chi connectivity index (χ4v) is 2.90. The van der Waals surface area contributed by atoms with E-state index < -0.39 is 0 Å². The number of nitrogens with one attached hydrogen (secondary N) is 1. The number of pyridine rings is 1. The Kier molecular flexibility index (Phi) is 4.30. The van der Waals surface area contributed by atoms with Gasteiger partial charge in [-0.25, -0.2) is 15.0 Å². The first-order chi connectivity index (χ1) is 11.8. The normalized spacial score (nSPS) is 17.8. The van der Waals surface area contributed by atoms with Crippen LogP contribution < -0.4 is 10.2 Å². The molecule has 0 atom stereocenters. The summed E-state index contributed by atoms with van der Waals surface area (Å²) in [6, 6.07) is 6.21. The zero-order valence-corrected chi connectivity index (χ0v) is 14.0. The fourth-order valence-electron chi connectivity index (χ4n) is 2.90. The summed E-state index contributed by atoms with van der Waals surface area (Å²) in [5.74, 6) is 3.48. The van der Waals surface area contributed by atoms with Crippen LogP contribution in [0.2, 0.25) is 0 Å². The average Bonchev–Trinajstić information content (AvgIpc) is 3.46. The van der Waals surface area contributed by atoms with E-state index >= 15 is 0 Å². The molecule has 2 fully saturated rings. The van der Waals surface area contributed by atoms with Gasteiger partial charge in [-0.3, -0.25) is 0 Å². The highest BCUT2D eigenvalue weighted by atomic mass is 16.5. The maximum Gasteiger partial charge on any atom is 0.134 e. The Morgan fingerprint density at radius 3 is 2.75 bits per heavy atom. The van der Waals surface area contributed by atoms with Crippen molar-refractivity contribution in [3.8, 4) is 0 Å². The maximum atomic E-state index is 5.38. The predicted octanol–water partition coefficient (Wildman–Crippen LogP) is 2.51. The van der Waals surface area contributed by atoms with E-state index in [1.807, 2.05) is 19.2 Å². The zero-order valence-electron chi connectivity index (χ0n) is 14.0. The molecule has 3 heterocycles. The van der Waals surface area contributed by atoms with Crippen LogP contribution in [0.25, 0.3) is 0 Å². The molecule has 0 spiro atoms. The van der Waals surface area contributed by atoms with Crippen molar-refractivity contribution < 1.29 is 4.74 Å². The number of aryl methyl sites for hydroxylation is 1. The topological polar surface area (TPSA) is 63.2 Å². The van der Waals surface area contributed by atoms with Crippen LogP contribution in [0.4, 0.5) is 11.6 Å². The van der Waals surface area contributed by atoms with E-state index in [2.05, 4.69) is 37.3 Å². The lowest BCUT2D eigenvalue weighted by Crippen LogP contribution is -2.36. The molecule has 1 saturated carbocycles. The van der Waals surface area contributed by atoms with Crippen molar-refractivity contribution in [1.82, 2.24) is 15.0 Å². The average molecular weight is 325 g/mol. The van der Waals surface area contributed by atoms with E-state index in [-0.39, 0.29) is 0 Å². The Morgan fingerprint density at radius 2 is 2.04 bits per heavy atom. The largest absolute Gasteiger partial charge is 0.378 e. The van der Waals surface area contributed by atoms with E-state index in [1.165, 1.54) is 12.8 Å². The van der Waals surface area contributed by atoms with Gasteiger partial charge in [0.1, 0.15) is 17.5 Å². The van der Waals surface area contributed by atoms with Crippen LogP contribution in [-0.2, 0) is 11.3 Å². The zero-order chi connectivity index (χ0) is 16.4. The lowest BCUT2D eigenvalue weighted by Gasteiger charge is -2.27. The SMILES string of the molecule is Cc1cc(NCc2ccc(N3CCOCC3)nc2)nc(C2CC2)n1. The molecule has 2 aromatic rings. The molecule has 1 aliphatic carbocycles. The van der Waals surface area contributed by atoms with Crippen LogP contribution in [-0.4, -0.2) is 41.3 Å². The number of rotatable bonds is 5. The molecule has 2 aliphatic rings. The smallest absolute Gasteiger partial charge is 0.134 e. The minimum absolute atomic E-state index is 0.569. The third-order valence-corrected chi connectivity index (χ3v) is 4.43. The second-order valence-electron chi connectivity index (χ2n) is 6.50. The Labute approximate surface area is 142 Å². The van der Waals surface area contributed by atoms with Crippen LogP contribution in [0, 0.1) is 6.92 Å². The molecular formula is C18H23N5O. The van der Waals surface area contributed by atoms with Crippen molar-refractivity contribution >= 4 is 11.6 Å². The van der Waals surface area contributed by atoms with E-state index in [1.54, 1.807) is 0 Å². The summed E-state index contributed by atoms with van der Waals surface area (Å²) in [5, 5.41) is 3.40. The molecule has 6 nitrogen and oxygen atoms in total. The number of nitrogens with zero attached hydrogens (tertiary/aromatic N) is 4. The van der Waals surface area contributed by atoms with Gasteiger partial charge in [-0.15, -0.1) is 0 Å². The molecule has 0 unspecified atom stereocenters. The molecule has 4 rings (SSSR count). The van der Waals surface area contributed by atoms with E-state index in [9.17, 15) is 0 Å².